The van der Waals surface area contributed by atoms with Crippen LogP contribution in [-0.2, 0) is 74.2 Å². The number of hydrogen-bond acceptors (Lipinski definition) is 16. The summed E-state index contributed by atoms with van der Waals surface area (Å²) in [4.78, 5) is 68.0. The van der Waals surface area contributed by atoms with Crippen molar-refractivity contribution < 1.29 is 107 Å². The minimum atomic E-state index is -0.833. The molecule has 0 spiro atoms. The first-order valence-electron chi connectivity index (χ1n) is 31.7. The molecule has 3 fully saturated rings. The molecular formula is C74H79N6NaO15Zn. The number of aliphatic carboxylic acids is 1. The Bertz CT molecular complexity index is 4240. The van der Waals surface area contributed by atoms with Crippen LogP contribution in [0.1, 0.15) is 158 Å². The fourth-order valence-electron chi connectivity index (χ4n) is 13.0. The van der Waals surface area contributed by atoms with Gasteiger partial charge >= 0.3 is 29.6 Å². The maximum atomic E-state index is 13.2. The van der Waals surface area contributed by atoms with Crippen molar-refractivity contribution in [3.05, 3.63) is 196 Å². The number of rotatable bonds is 10. The van der Waals surface area contributed by atoms with Gasteiger partial charge in [-0.3, -0.25) is 29.3 Å². The van der Waals surface area contributed by atoms with E-state index in [0.29, 0.717) is 34.9 Å². The van der Waals surface area contributed by atoms with Crippen LogP contribution in [0.2, 0.25) is 0 Å². The van der Waals surface area contributed by atoms with Gasteiger partial charge < -0.3 is 65.3 Å². The largest absolute Gasteiger partial charge is 1.00 e. The smallest absolute Gasteiger partial charge is 0.481 e. The second kappa shape index (κ2) is 28.1. The Hall–Kier alpha value is -8.56. The molecule has 498 valence electrons. The van der Waals surface area contributed by atoms with Crippen molar-refractivity contribution >= 4 is 58.2 Å². The summed E-state index contributed by atoms with van der Waals surface area (Å²) in [6.07, 6.45) is 9.58. The number of amides is 3. The summed E-state index contributed by atoms with van der Waals surface area (Å²) in [5.41, 5.74) is 20.8. The van der Waals surface area contributed by atoms with E-state index in [4.69, 9.17) is 54.2 Å². The number of carboxylic acids is 1. The van der Waals surface area contributed by atoms with E-state index in [1.165, 1.54) is 27.8 Å². The fourth-order valence-corrected chi connectivity index (χ4v) is 13.0. The summed E-state index contributed by atoms with van der Waals surface area (Å²) in [6, 6.07) is 35.0. The van der Waals surface area contributed by atoms with E-state index in [9.17, 15) is 24.5 Å². The SMILES string of the molecule is CC(=O)O.CC(C)(C)C1=C(N)c2cc(NC(=O)C3(c4ccc5c(c4)OCO5)CC3)ccc2C1.CC(C)(C)C1=C([N+](=O)[O-])c2cc(NC(=O)C3(c4ccc5c(c4)OCO5)CC3)ccc2C1.CC(C)(C)C1=Cc2cc(NC(=O)C3(c4ccc5c(c4)OCO5)CC3)ccc2C1.O=N[O-].[Na+].[Zn]. The molecule has 0 bridgehead atoms. The molecule has 9 aliphatic rings. The van der Waals surface area contributed by atoms with Crippen LogP contribution >= 0.6 is 0 Å². The van der Waals surface area contributed by atoms with Crippen molar-refractivity contribution in [2.24, 2.45) is 27.3 Å². The molecule has 3 aliphatic heterocycles. The van der Waals surface area contributed by atoms with E-state index in [1.807, 2.05) is 106 Å². The van der Waals surface area contributed by atoms with E-state index in [2.05, 4.69) is 81.8 Å². The normalized spacial score (nSPS) is 17.0. The van der Waals surface area contributed by atoms with Gasteiger partial charge in [0.15, 0.2) is 34.5 Å². The molecular weight excluding hydrogens is 1300 g/mol. The van der Waals surface area contributed by atoms with Gasteiger partial charge in [-0.15, -0.1) is 5.34 Å². The number of nitrogens with zero attached hydrogens (tertiary/aromatic N) is 2. The Balaban J connectivity index is 0.000000161. The van der Waals surface area contributed by atoms with Gasteiger partial charge in [0.25, 0.3) is 11.7 Å². The standard InChI is InChI=1S/C24H24N2O5.C24H26N2O3.C24H25NO3.C2H4O2.HNO2.Na.Zn/c1-23(2,3)18-10-14-4-6-16(12-17(14)21(18)26(28)29)25-22(27)24(8-9-24)15-5-7-19-20(11-15)31-13-30-19;1-23(2,3)18-10-14-4-6-16(12-17(14)21(18)25)26-22(27)24(8-9-24)15-5-7-19-20(11-15)29-13-28-19;1-23(2,3)18-10-15-4-6-19(12-16(15)11-18)25-22(26)24(8-9-24)17-5-7-20-21(13-17)28-14-27-20;1-2(3)4;2-1-3;;/h4-7,11-12H,8-10,13H2,1-3H3,(H,25,27);4-7,11-12H,8-10,13,25H2,1-3H3,(H,26,27);4-7,11-13H,8-10,14H2,1-3H3,(H,25,26);1H3,(H,3,4);(H,2,3);;/q;;;;;+1;/p-1. The molecule has 21 nitrogen and oxygen atoms in total. The molecule has 0 saturated heterocycles. The van der Waals surface area contributed by atoms with Crippen LogP contribution < -0.4 is 79.7 Å². The van der Waals surface area contributed by atoms with Crippen LogP contribution in [0.3, 0.4) is 0 Å². The van der Waals surface area contributed by atoms with Crippen LogP contribution in [0.15, 0.2) is 131 Å². The molecule has 6 aromatic carbocycles. The van der Waals surface area contributed by atoms with Crippen LogP contribution in [0.5, 0.6) is 34.5 Å². The average molecular weight is 1380 g/mol. The quantitative estimate of drug-likeness (QED) is 0.0368. The van der Waals surface area contributed by atoms with Gasteiger partial charge in [0.2, 0.25) is 38.1 Å². The van der Waals surface area contributed by atoms with Gasteiger partial charge in [-0.1, -0.05) is 110 Å². The Morgan fingerprint density at radius 2 is 0.856 bits per heavy atom. The number of carboxylic acid groups (broad SMARTS) is 1. The van der Waals surface area contributed by atoms with Crippen molar-refractivity contribution in [2.45, 2.75) is 143 Å². The summed E-state index contributed by atoms with van der Waals surface area (Å²) in [5.74, 6) is 3.42. The monoisotopic (exact) mass is 1380 g/mol. The number of fused-ring (bicyclic) bond motifs is 6. The number of nitrogens with two attached hydrogens (primary N) is 1. The van der Waals surface area contributed by atoms with Gasteiger partial charge in [0.05, 0.1) is 26.7 Å². The Kier molecular flexibility index (Phi) is 21.1. The van der Waals surface area contributed by atoms with Crippen LogP contribution in [-0.4, -0.2) is 54.1 Å². The number of benzene rings is 6. The first kappa shape index (κ1) is 72.7. The molecule has 23 heteroatoms. The fraction of sp³-hybridized carbons (Fsp3) is 0.378. The predicted octanol–water partition coefficient (Wildman–Crippen LogP) is 11.4. The summed E-state index contributed by atoms with van der Waals surface area (Å²) < 4.78 is 32.6. The van der Waals surface area contributed by atoms with Crippen molar-refractivity contribution in [3.8, 4) is 34.5 Å². The third kappa shape index (κ3) is 15.3. The first-order valence-corrected chi connectivity index (χ1v) is 31.7. The average Bonchev–Trinajstić information content (AvgIpc) is 1.60. The van der Waals surface area contributed by atoms with Gasteiger partial charge in [0.1, 0.15) is 0 Å². The molecule has 15 rings (SSSR count). The molecule has 97 heavy (non-hydrogen) atoms. The minimum absolute atomic E-state index is 0. The zero-order valence-electron chi connectivity index (χ0n) is 56.8. The predicted molar refractivity (Wildman–Crippen MR) is 361 cm³/mol. The van der Waals surface area contributed by atoms with E-state index < -0.39 is 22.2 Å². The number of nitrogens with one attached hydrogen (secondary N) is 3. The molecule has 0 aromatic heterocycles. The number of carbonyl (C=O) groups is 4. The molecule has 0 atom stereocenters. The first-order chi connectivity index (χ1) is 45.0. The van der Waals surface area contributed by atoms with E-state index >= 15 is 0 Å². The van der Waals surface area contributed by atoms with Gasteiger partial charge in [0, 0.05) is 66.7 Å². The molecule has 3 amide bonds. The topological polar surface area (TPSA) is 302 Å². The summed E-state index contributed by atoms with van der Waals surface area (Å²) in [6.45, 7) is 21.0. The van der Waals surface area contributed by atoms with Gasteiger partial charge in [-0.25, -0.2) is 0 Å². The number of anilines is 3. The summed E-state index contributed by atoms with van der Waals surface area (Å²) in [7, 11) is 0. The zero-order chi connectivity index (χ0) is 68.2. The van der Waals surface area contributed by atoms with Crippen LogP contribution in [0.25, 0.3) is 17.5 Å². The van der Waals surface area contributed by atoms with Crippen molar-refractivity contribution in [1.82, 2.24) is 0 Å². The van der Waals surface area contributed by atoms with Crippen LogP contribution in [0.4, 0.5) is 17.1 Å². The Morgan fingerprint density at radius 1 is 0.515 bits per heavy atom. The number of ether oxygens (including phenoxy) is 6. The second-order valence-corrected chi connectivity index (χ2v) is 28.5. The molecule has 3 heterocycles. The maximum absolute atomic E-state index is 13.2. The number of nitro groups is 1. The Labute approximate surface area is 598 Å². The molecule has 0 radical (unpaired) electrons. The van der Waals surface area contributed by atoms with Gasteiger partial charge in [-0.2, -0.15) is 0 Å². The molecule has 6 aromatic rings. The molecule has 6 N–H and O–H groups in total. The number of carbonyl (C=O) groups excluding carboxylic acids is 3. The molecule has 3 saturated carbocycles. The molecule has 0 unspecified atom stereocenters. The maximum Gasteiger partial charge on any atom is 1.00 e. The minimum Gasteiger partial charge on any atom is -0.481 e. The summed E-state index contributed by atoms with van der Waals surface area (Å²) >= 11 is 0. The molecule has 6 aliphatic carbocycles. The van der Waals surface area contributed by atoms with Crippen LogP contribution in [0, 0.1) is 36.5 Å². The zero-order valence-corrected chi connectivity index (χ0v) is 61.8. The third-order valence-electron chi connectivity index (χ3n) is 19.0. The third-order valence-corrected chi connectivity index (χ3v) is 19.0. The summed E-state index contributed by atoms with van der Waals surface area (Å²) in [5, 5.41) is 37.5. The number of hydrogen-bond donors (Lipinski definition) is 5. The van der Waals surface area contributed by atoms with E-state index in [1.54, 1.807) is 6.07 Å². The van der Waals surface area contributed by atoms with E-state index in [-0.39, 0.29) is 114 Å². The van der Waals surface area contributed by atoms with Gasteiger partial charge in [-0.05, 0) is 185 Å². The second-order valence-electron chi connectivity index (χ2n) is 28.5. The van der Waals surface area contributed by atoms with Crippen molar-refractivity contribution in [3.63, 3.8) is 0 Å². The van der Waals surface area contributed by atoms with Crippen molar-refractivity contribution in [2.75, 3.05) is 36.3 Å². The number of allylic oxidation sites excluding steroid dienone is 3. The van der Waals surface area contributed by atoms with E-state index in [0.717, 1.165) is 131 Å². The van der Waals surface area contributed by atoms with Crippen molar-refractivity contribution in [1.29, 1.82) is 0 Å². The Morgan fingerprint density at radius 3 is 1.22 bits per heavy atom.